The number of carbonyl (C=O) groups is 1. The molecule has 0 saturated heterocycles. The monoisotopic (exact) mass is 252 g/mol. The minimum Gasteiger partial charge on any atom is -0.506 e. The smallest absolute Gasteiger partial charge is 0.342 e. The molecule has 0 bridgehead atoms. The number of methoxy groups -OCH3 is 1. The first-order chi connectivity index (χ1) is 9.24. The topological polar surface area (TPSA) is 46.5 Å². The van der Waals surface area contributed by atoms with Crippen molar-refractivity contribution in [1.82, 2.24) is 0 Å². The number of phenols is 1. The van der Waals surface area contributed by atoms with Crippen LogP contribution in [0, 0.1) is 0 Å². The molecule has 0 unspecified atom stereocenters. The highest BCUT2D eigenvalue weighted by atomic mass is 16.5. The lowest BCUT2D eigenvalue weighted by atomic mass is 9.96. The van der Waals surface area contributed by atoms with Crippen LogP contribution >= 0.6 is 0 Å². The molecular weight excluding hydrogens is 240 g/mol. The molecule has 0 aliphatic heterocycles. The van der Waals surface area contributed by atoms with Crippen LogP contribution in [0.25, 0.3) is 21.5 Å². The standard InChI is InChI=1S/C16H12O3/c1-19-16(18)14-12-8-4-2-6-10(12)11-7-3-5-9-13(11)15(14)17/h2-9,17H,1H3. The zero-order valence-corrected chi connectivity index (χ0v) is 10.4. The minimum absolute atomic E-state index is 0.0267. The van der Waals surface area contributed by atoms with Crippen LogP contribution in [0.15, 0.2) is 48.5 Å². The maximum absolute atomic E-state index is 11.9. The summed E-state index contributed by atoms with van der Waals surface area (Å²) in [5.41, 5.74) is 0.219. The highest BCUT2D eigenvalue weighted by Gasteiger charge is 2.19. The second-order valence-electron chi connectivity index (χ2n) is 4.31. The average Bonchev–Trinajstić information content (AvgIpc) is 2.47. The van der Waals surface area contributed by atoms with Crippen molar-refractivity contribution in [2.75, 3.05) is 7.11 Å². The first-order valence-electron chi connectivity index (χ1n) is 5.94. The highest BCUT2D eigenvalue weighted by Crippen LogP contribution is 2.37. The Labute approximate surface area is 110 Å². The second kappa shape index (κ2) is 4.28. The van der Waals surface area contributed by atoms with Gasteiger partial charge in [-0.1, -0.05) is 48.5 Å². The van der Waals surface area contributed by atoms with Gasteiger partial charge in [-0.25, -0.2) is 4.79 Å². The van der Waals surface area contributed by atoms with E-state index in [0.29, 0.717) is 10.8 Å². The Hall–Kier alpha value is -2.55. The average molecular weight is 252 g/mol. The predicted molar refractivity (Wildman–Crippen MR) is 74.5 cm³/mol. The molecule has 0 aliphatic rings. The quantitative estimate of drug-likeness (QED) is 0.532. The number of benzene rings is 3. The lowest BCUT2D eigenvalue weighted by molar-refractivity contribution is 0.0600. The zero-order valence-electron chi connectivity index (χ0n) is 10.4. The Morgan fingerprint density at radius 1 is 0.895 bits per heavy atom. The van der Waals surface area contributed by atoms with Gasteiger partial charge in [0.1, 0.15) is 11.3 Å². The van der Waals surface area contributed by atoms with Crippen LogP contribution in [-0.2, 0) is 4.74 Å². The second-order valence-corrected chi connectivity index (χ2v) is 4.31. The van der Waals surface area contributed by atoms with Gasteiger partial charge in [0, 0.05) is 10.8 Å². The lowest BCUT2D eigenvalue weighted by Gasteiger charge is -2.11. The van der Waals surface area contributed by atoms with Crippen LogP contribution in [-0.4, -0.2) is 18.2 Å². The van der Waals surface area contributed by atoms with Crippen molar-refractivity contribution in [1.29, 1.82) is 0 Å². The van der Waals surface area contributed by atoms with E-state index in [1.54, 1.807) is 6.07 Å². The molecule has 0 amide bonds. The zero-order chi connectivity index (χ0) is 13.4. The molecule has 19 heavy (non-hydrogen) atoms. The Kier molecular flexibility index (Phi) is 2.60. The molecule has 0 heterocycles. The largest absolute Gasteiger partial charge is 0.506 e. The van der Waals surface area contributed by atoms with Gasteiger partial charge in [-0.15, -0.1) is 0 Å². The molecule has 3 rings (SSSR count). The summed E-state index contributed by atoms with van der Waals surface area (Å²) in [6.45, 7) is 0. The summed E-state index contributed by atoms with van der Waals surface area (Å²) in [5, 5.41) is 13.5. The van der Waals surface area contributed by atoms with Gasteiger partial charge in [0.2, 0.25) is 0 Å². The number of rotatable bonds is 1. The Morgan fingerprint density at radius 2 is 1.37 bits per heavy atom. The SMILES string of the molecule is COC(=O)c1c(O)c2ccccc2c2ccccc12. The molecule has 0 radical (unpaired) electrons. The lowest BCUT2D eigenvalue weighted by Crippen LogP contribution is -2.03. The fraction of sp³-hybridized carbons (Fsp3) is 0.0625. The van der Waals surface area contributed by atoms with Crippen LogP contribution in [0.2, 0.25) is 0 Å². The summed E-state index contributed by atoms with van der Waals surface area (Å²) in [6.07, 6.45) is 0. The van der Waals surface area contributed by atoms with Crippen molar-refractivity contribution in [3.8, 4) is 5.75 Å². The normalized spacial score (nSPS) is 10.8. The Bertz CT molecular complexity index is 790. The van der Waals surface area contributed by atoms with Crippen LogP contribution in [0.3, 0.4) is 0 Å². The summed E-state index contributed by atoms with van der Waals surface area (Å²) < 4.78 is 4.78. The third kappa shape index (κ3) is 1.63. The van der Waals surface area contributed by atoms with E-state index in [2.05, 4.69) is 0 Å². The number of aromatic hydroxyl groups is 1. The maximum atomic E-state index is 11.9. The molecule has 0 saturated carbocycles. The van der Waals surface area contributed by atoms with Gasteiger partial charge in [0.15, 0.2) is 0 Å². The Morgan fingerprint density at radius 3 is 1.95 bits per heavy atom. The van der Waals surface area contributed by atoms with Gasteiger partial charge in [0.05, 0.1) is 7.11 Å². The predicted octanol–water partition coefficient (Wildman–Crippen LogP) is 3.49. The molecule has 0 atom stereocenters. The van der Waals surface area contributed by atoms with Gasteiger partial charge in [0.25, 0.3) is 0 Å². The van der Waals surface area contributed by atoms with Gasteiger partial charge in [-0.2, -0.15) is 0 Å². The van der Waals surface area contributed by atoms with E-state index in [9.17, 15) is 9.90 Å². The number of carbonyl (C=O) groups excluding carboxylic acids is 1. The molecule has 0 spiro atoms. The van der Waals surface area contributed by atoms with Crippen LogP contribution in [0.5, 0.6) is 5.75 Å². The first kappa shape index (κ1) is 11.5. The molecule has 3 heteroatoms. The van der Waals surface area contributed by atoms with Crippen molar-refractivity contribution in [2.24, 2.45) is 0 Å². The van der Waals surface area contributed by atoms with Crippen molar-refractivity contribution in [3.05, 3.63) is 54.1 Å². The fourth-order valence-corrected chi connectivity index (χ4v) is 2.43. The number of esters is 1. The van der Waals surface area contributed by atoms with Crippen molar-refractivity contribution in [2.45, 2.75) is 0 Å². The van der Waals surface area contributed by atoms with Gasteiger partial charge < -0.3 is 9.84 Å². The highest BCUT2D eigenvalue weighted by molar-refractivity contribution is 6.19. The van der Waals surface area contributed by atoms with E-state index >= 15 is 0 Å². The third-order valence-corrected chi connectivity index (χ3v) is 3.30. The number of phenolic OH excluding ortho intramolecular Hbond substituents is 1. The van der Waals surface area contributed by atoms with Crippen molar-refractivity contribution >= 4 is 27.5 Å². The molecule has 0 aromatic heterocycles. The van der Waals surface area contributed by atoms with E-state index in [0.717, 1.165) is 10.8 Å². The van der Waals surface area contributed by atoms with Gasteiger partial charge in [-0.05, 0) is 10.8 Å². The van der Waals surface area contributed by atoms with Crippen molar-refractivity contribution in [3.63, 3.8) is 0 Å². The van der Waals surface area contributed by atoms with E-state index < -0.39 is 5.97 Å². The molecule has 0 fully saturated rings. The summed E-state index contributed by atoms with van der Waals surface area (Å²) in [5.74, 6) is -0.555. The molecular formula is C16H12O3. The fourth-order valence-electron chi connectivity index (χ4n) is 2.43. The van der Waals surface area contributed by atoms with Crippen LogP contribution in [0.4, 0.5) is 0 Å². The third-order valence-electron chi connectivity index (χ3n) is 3.30. The summed E-state index contributed by atoms with van der Waals surface area (Å²) in [6, 6.07) is 15.0. The summed E-state index contributed by atoms with van der Waals surface area (Å²) in [4.78, 5) is 11.9. The number of ether oxygens (including phenoxy) is 1. The van der Waals surface area contributed by atoms with Crippen LogP contribution in [0.1, 0.15) is 10.4 Å². The van der Waals surface area contributed by atoms with E-state index in [-0.39, 0.29) is 11.3 Å². The number of hydrogen-bond acceptors (Lipinski definition) is 3. The Balaban J connectivity index is 2.59. The van der Waals surface area contributed by atoms with E-state index in [1.165, 1.54) is 7.11 Å². The first-order valence-corrected chi connectivity index (χ1v) is 5.94. The summed E-state index contributed by atoms with van der Waals surface area (Å²) in [7, 11) is 1.31. The summed E-state index contributed by atoms with van der Waals surface area (Å²) >= 11 is 0. The van der Waals surface area contributed by atoms with Gasteiger partial charge >= 0.3 is 5.97 Å². The van der Waals surface area contributed by atoms with Gasteiger partial charge in [-0.3, -0.25) is 0 Å². The number of hydrogen-bond donors (Lipinski definition) is 1. The number of fused-ring (bicyclic) bond motifs is 3. The van der Waals surface area contributed by atoms with E-state index in [4.69, 9.17) is 4.74 Å². The van der Waals surface area contributed by atoms with E-state index in [1.807, 2.05) is 42.5 Å². The molecule has 0 aliphatic carbocycles. The molecule has 3 aromatic rings. The maximum Gasteiger partial charge on any atom is 0.342 e. The van der Waals surface area contributed by atoms with Crippen LogP contribution < -0.4 is 0 Å². The minimum atomic E-state index is -0.528. The molecule has 3 nitrogen and oxygen atoms in total. The van der Waals surface area contributed by atoms with Crippen molar-refractivity contribution < 1.29 is 14.6 Å². The molecule has 1 N–H and O–H groups in total. The molecule has 94 valence electrons. The molecule has 3 aromatic carbocycles.